The van der Waals surface area contributed by atoms with Crippen molar-refractivity contribution in [1.29, 1.82) is 0 Å². The van der Waals surface area contributed by atoms with Gasteiger partial charge in [-0.15, -0.1) is 6.58 Å². The van der Waals surface area contributed by atoms with Crippen molar-refractivity contribution >= 4 is 19.9 Å². The Hall–Kier alpha value is -2.99. The Bertz CT molecular complexity index is 1400. The summed E-state index contributed by atoms with van der Waals surface area (Å²) in [5.74, 6) is 0.263. The molecule has 11 heteroatoms. The molecule has 194 valence electrons. The molecule has 2 aromatic carbocycles. The summed E-state index contributed by atoms with van der Waals surface area (Å²) in [4.78, 5) is 4.34. The van der Waals surface area contributed by atoms with Crippen LogP contribution in [0.2, 0.25) is 0 Å². The van der Waals surface area contributed by atoms with Gasteiger partial charge in [0.2, 0.25) is 25.0 Å². The molecule has 0 amide bonds. The van der Waals surface area contributed by atoms with Gasteiger partial charge in [0.15, 0.2) is 0 Å². The fourth-order valence-corrected chi connectivity index (χ4v) is 6.55. The highest BCUT2D eigenvalue weighted by atomic mass is 32.2. The van der Waals surface area contributed by atoms with Crippen LogP contribution in [0.1, 0.15) is 16.8 Å². The molecule has 0 bridgehead atoms. The first-order chi connectivity index (χ1) is 17.1. The number of sulfonamides is 1. The smallest absolute Gasteiger partial charge is 0.243 e. The first kappa shape index (κ1) is 27.6. The van der Waals surface area contributed by atoms with Crippen molar-refractivity contribution in [3.05, 3.63) is 84.2 Å². The van der Waals surface area contributed by atoms with Crippen molar-refractivity contribution in [3.8, 4) is 5.75 Å². The number of rotatable bonds is 13. The fraction of sp³-hybridized carbons (Fsp3) is 0.320. The third kappa shape index (κ3) is 6.41. The molecule has 0 spiro atoms. The molecule has 0 atom stereocenters. The lowest BCUT2D eigenvalue weighted by atomic mass is 10.2. The van der Waals surface area contributed by atoms with Crippen LogP contribution in [0.25, 0.3) is 0 Å². The number of imidazole rings is 1. The largest absolute Gasteiger partial charge is 0.497 e. The van der Waals surface area contributed by atoms with Crippen molar-refractivity contribution in [2.24, 2.45) is 0 Å². The summed E-state index contributed by atoms with van der Waals surface area (Å²) in [6.45, 7) is 5.92. The van der Waals surface area contributed by atoms with Crippen LogP contribution in [-0.4, -0.2) is 58.1 Å². The van der Waals surface area contributed by atoms with Gasteiger partial charge in [0.25, 0.3) is 0 Å². The normalized spacial score (nSPS) is 12.1. The topological polar surface area (TPSA) is 108 Å². The van der Waals surface area contributed by atoms with Crippen molar-refractivity contribution in [1.82, 2.24) is 13.9 Å². The molecule has 0 fully saturated rings. The minimum absolute atomic E-state index is 0.0392. The Balaban J connectivity index is 1.98. The van der Waals surface area contributed by atoms with E-state index in [2.05, 4.69) is 11.6 Å². The molecular weight excluding hydrogens is 502 g/mol. The molecule has 1 heterocycles. The maximum atomic E-state index is 13.4. The zero-order valence-corrected chi connectivity index (χ0v) is 22.3. The quantitative estimate of drug-likeness (QED) is 0.311. The van der Waals surface area contributed by atoms with Crippen LogP contribution in [0.15, 0.2) is 77.4 Å². The summed E-state index contributed by atoms with van der Waals surface area (Å²) in [6, 6.07) is 13.4. The first-order valence-electron chi connectivity index (χ1n) is 11.2. The number of sulfone groups is 1. The Morgan fingerprint density at radius 2 is 1.81 bits per heavy atom. The zero-order valence-electron chi connectivity index (χ0n) is 20.6. The van der Waals surface area contributed by atoms with Gasteiger partial charge in [-0.2, -0.15) is 4.31 Å². The number of aromatic nitrogens is 2. The highest BCUT2D eigenvalue weighted by Gasteiger charge is 2.28. The van der Waals surface area contributed by atoms with E-state index in [1.54, 1.807) is 48.5 Å². The number of hydrogen-bond donors (Lipinski definition) is 0. The van der Waals surface area contributed by atoms with Crippen LogP contribution in [0.5, 0.6) is 5.75 Å². The minimum Gasteiger partial charge on any atom is -0.497 e. The summed E-state index contributed by atoms with van der Waals surface area (Å²) in [7, 11) is -4.72. The maximum Gasteiger partial charge on any atom is 0.243 e. The van der Waals surface area contributed by atoms with E-state index in [0.717, 1.165) is 5.56 Å². The maximum absolute atomic E-state index is 13.4. The monoisotopic (exact) mass is 533 g/mol. The van der Waals surface area contributed by atoms with Crippen molar-refractivity contribution in [2.75, 3.05) is 27.4 Å². The Kier molecular flexibility index (Phi) is 9.07. The Morgan fingerprint density at radius 3 is 2.44 bits per heavy atom. The number of nitrogens with zero attached hydrogens (tertiary/aromatic N) is 3. The summed E-state index contributed by atoms with van der Waals surface area (Å²) >= 11 is 0. The van der Waals surface area contributed by atoms with Crippen LogP contribution in [-0.2, 0) is 43.4 Å². The van der Waals surface area contributed by atoms with E-state index in [-0.39, 0.29) is 42.0 Å². The lowest BCUT2D eigenvalue weighted by Crippen LogP contribution is -2.32. The van der Waals surface area contributed by atoms with Gasteiger partial charge in [0, 0.05) is 20.2 Å². The van der Waals surface area contributed by atoms with E-state index in [0.29, 0.717) is 17.0 Å². The van der Waals surface area contributed by atoms with Crippen LogP contribution in [0.3, 0.4) is 0 Å². The number of ether oxygens (including phenoxy) is 2. The molecule has 0 unspecified atom stereocenters. The van der Waals surface area contributed by atoms with Crippen molar-refractivity contribution < 1.29 is 26.3 Å². The molecule has 0 radical (unpaired) electrons. The van der Waals surface area contributed by atoms with Crippen molar-refractivity contribution in [2.45, 2.75) is 35.8 Å². The van der Waals surface area contributed by atoms with Gasteiger partial charge in [0.1, 0.15) is 5.75 Å². The molecule has 0 N–H and O–H groups in total. The minimum atomic E-state index is -3.87. The van der Waals surface area contributed by atoms with Gasteiger partial charge in [-0.1, -0.05) is 35.9 Å². The fourth-order valence-electron chi connectivity index (χ4n) is 3.67. The lowest BCUT2D eigenvalue weighted by Gasteiger charge is -2.22. The lowest BCUT2D eigenvalue weighted by molar-refractivity contribution is 0.183. The Labute approximate surface area is 213 Å². The van der Waals surface area contributed by atoms with Gasteiger partial charge in [-0.3, -0.25) is 0 Å². The molecule has 0 aliphatic rings. The van der Waals surface area contributed by atoms with E-state index in [1.165, 1.54) is 35.4 Å². The van der Waals surface area contributed by atoms with Gasteiger partial charge >= 0.3 is 0 Å². The highest BCUT2D eigenvalue weighted by Crippen LogP contribution is 2.23. The first-order valence-corrected chi connectivity index (χ1v) is 14.3. The van der Waals surface area contributed by atoms with Crippen LogP contribution in [0.4, 0.5) is 0 Å². The molecule has 1 aromatic heterocycles. The zero-order chi connectivity index (χ0) is 26.3. The number of hydrogen-bond acceptors (Lipinski definition) is 7. The van der Waals surface area contributed by atoms with E-state index < -0.39 is 19.9 Å². The third-order valence-corrected chi connectivity index (χ3v) is 8.94. The Morgan fingerprint density at radius 1 is 1.08 bits per heavy atom. The molecule has 0 saturated carbocycles. The number of methoxy groups -OCH3 is 2. The van der Waals surface area contributed by atoms with Crippen molar-refractivity contribution in [3.63, 3.8) is 0 Å². The summed E-state index contributed by atoms with van der Waals surface area (Å²) in [6.07, 6.45) is 2.89. The molecule has 3 aromatic rings. The van der Waals surface area contributed by atoms with Crippen LogP contribution >= 0.6 is 0 Å². The average molecular weight is 534 g/mol. The predicted molar refractivity (Wildman–Crippen MR) is 137 cm³/mol. The second-order valence-corrected chi connectivity index (χ2v) is 12.0. The highest BCUT2D eigenvalue weighted by molar-refractivity contribution is 7.90. The summed E-state index contributed by atoms with van der Waals surface area (Å²) in [5.41, 5.74) is 1.91. The van der Waals surface area contributed by atoms with E-state index >= 15 is 0 Å². The molecule has 9 nitrogen and oxygen atoms in total. The van der Waals surface area contributed by atoms with E-state index in [9.17, 15) is 16.8 Å². The number of aryl methyl sites for hydroxylation is 1. The molecule has 36 heavy (non-hydrogen) atoms. The molecular formula is C25H31N3O6S2. The second kappa shape index (κ2) is 11.8. The van der Waals surface area contributed by atoms with Gasteiger partial charge in [-0.25, -0.2) is 21.8 Å². The van der Waals surface area contributed by atoms with E-state index in [1.807, 2.05) is 6.92 Å². The molecule has 0 aliphatic heterocycles. The summed E-state index contributed by atoms with van der Waals surface area (Å²) in [5, 5.41) is -0.149. The van der Waals surface area contributed by atoms with Gasteiger partial charge < -0.3 is 14.0 Å². The average Bonchev–Trinajstić information content (AvgIpc) is 3.26. The molecule has 3 rings (SSSR count). The van der Waals surface area contributed by atoms with Gasteiger partial charge in [0.05, 0.1) is 42.8 Å². The predicted octanol–water partition coefficient (Wildman–Crippen LogP) is 3.20. The number of benzene rings is 2. The standard InChI is InChI=1S/C25H31N3O6S2/c1-5-13-27(36(31,32)24-11-9-20(2)10-12-24)18-22-17-26-25(28(22)14-15-33-3)35(29,30)19-21-7-6-8-23(16-21)34-4/h5-12,16-17H,1,13-15,18-19H2,2-4H3. The van der Waals surface area contributed by atoms with E-state index in [4.69, 9.17) is 9.47 Å². The second-order valence-electron chi connectivity index (χ2n) is 8.19. The SMILES string of the molecule is C=CCN(Cc1cnc(S(=O)(=O)Cc2cccc(OC)c2)n1CCOC)S(=O)(=O)c1ccc(C)cc1. The third-order valence-electron chi connectivity index (χ3n) is 5.52. The summed E-state index contributed by atoms with van der Waals surface area (Å²) < 4.78 is 66.5. The van der Waals surface area contributed by atoms with Gasteiger partial charge in [-0.05, 0) is 36.8 Å². The molecule has 0 saturated heterocycles. The van der Waals surface area contributed by atoms with Crippen LogP contribution in [0, 0.1) is 6.92 Å². The van der Waals surface area contributed by atoms with Crippen LogP contribution < -0.4 is 4.74 Å². The molecule has 0 aliphatic carbocycles.